The van der Waals surface area contributed by atoms with Crippen LogP contribution in [-0.2, 0) is 0 Å². The average molecular weight is 421 g/mol. The average Bonchev–Trinajstić information content (AvgIpc) is 3.43. The van der Waals surface area contributed by atoms with Gasteiger partial charge < -0.3 is 19.3 Å². The van der Waals surface area contributed by atoms with Crippen molar-refractivity contribution in [2.24, 2.45) is 0 Å². The molecule has 0 aliphatic heterocycles. The standard InChI is InChI=1S/C22H19N3O4S/c1-13-7-9-14(10-8-13)20-24-22(29-25-20)19-16(11-12-30-19)23-21(26)15-5-4-6-17(27-2)18(15)28-3/h4-12H,1-3H3,(H,23,26). The highest BCUT2D eigenvalue weighted by atomic mass is 32.1. The van der Waals surface area contributed by atoms with E-state index >= 15 is 0 Å². The summed E-state index contributed by atoms with van der Waals surface area (Å²) in [5, 5.41) is 8.82. The number of hydrogen-bond acceptors (Lipinski definition) is 7. The van der Waals surface area contributed by atoms with Crippen LogP contribution in [0.25, 0.3) is 22.2 Å². The molecule has 2 aromatic carbocycles. The second-order valence-electron chi connectivity index (χ2n) is 6.45. The minimum absolute atomic E-state index is 0.330. The van der Waals surface area contributed by atoms with Crippen molar-refractivity contribution < 1.29 is 18.8 Å². The molecule has 0 saturated carbocycles. The van der Waals surface area contributed by atoms with Crippen molar-refractivity contribution in [3.05, 3.63) is 65.0 Å². The fourth-order valence-electron chi connectivity index (χ4n) is 2.96. The molecule has 1 N–H and O–H groups in total. The molecule has 2 heterocycles. The van der Waals surface area contributed by atoms with Gasteiger partial charge >= 0.3 is 0 Å². The zero-order chi connectivity index (χ0) is 21.1. The summed E-state index contributed by atoms with van der Waals surface area (Å²) in [5.74, 6) is 1.35. The number of anilines is 1. The van der Waals surface area contributed by atoms with E-state index in [1.54, 1.807) is 24.3 Å². The third kappa shape index (κ3) is 3.77. The first-order chi connectivity index (χ1) is 14.6. The van der Waals surface area contributed by atoms with Crippen LogP contribution in [0.15, 0.2) is 58.4 Å². The van der Waals surface area contributed by atoms with Gasteiger partial charge in [-0.25, -0.2) is 0 Å². The molecular formula is C22H19N3O4S. The van der Waals surface area contributed by atoms with E-state index in [-0.39, 0.29) is 5.91 Å². The van der Waals surface area contributed by atoms with Gasteiger partial charge in [0.05, 0.1) is 25.5 Å². The van der Waals surface area contributed by atoms with Gasteiger partial charge in [0.2, 0.25) is 5.82 Å². The number of hydrogen-bond donors (Lipinski definition) is 1. The van der Waals surface area contributed by atoms with Crippen LogP contribution in [0.5, 0.6) is 11.5 Å². The van der Waals surface area contributed by atoms with Crippen LogP contribution in [0, 0.1) is 6.92 Å². The van der Waals surface area contributed by atoms with E-state index in [4.69, 9.17) is 14.0 Å². The van der Waals surface area contributed by atoms with Crippen molar-refractivity contribution in [1.82, 2.24) is 10.1 Å². The summed E-state index contributed by atoms with van der Waals surface area (Å²) < 4.78 is 16.1. The number of thiophene rings is 1. The summed E-state index contributed by atoms with van der Waals surface area (Å²) in [4.78, 5) is 18.1. The maximum absolute atomic E-state index is 12.9. The zero-order valence-electron chi connectivity index (χ0n) is 16.6. The number of aromatic nitrogens is 2. The van der Waals surface area contributed by atoms with Gasteiger partial charge in [-0.2, -0.15) is 4.98 Å². The molecule has 0 spiro atoms. The van der Waals surface area contributed by atoms with Gasteiger partial charge in [-0.15, -0.1) is 11.3 Å². The van der Waals surface area contributed by atoms with E-state index in [9.17, 15) is 4.79 Å². The number of nitrogens with one attached hydrogen (secondary N) is 1. The molecule has 0 aliphatic rings. The molecule has 0 saturated heterocycles. The molecule has 30 heavy (non-hydrogen) atoms. The molecule has 0 fully saturated rings. The summed E-state index contributed by atoms with van der Waals surface area (Å²) in [7, 11) is 3.02. The lowest BCUT2D eigenvalue weighted by molar-refractivity contribution is 0.102. The lowest BCUT2D eigenvalue weighted by Gasteiger charge is -2.12. The van der Waals surface area contributed by atoms with Crippen LogP contribution < -0.4 is 14.8 Å². The van der Waals surface area contributed by atoms with Crippen molar-refractivity contribution in [3.8, 4) is 33.7 Å². The number of methoxy groups -OCH3 is 2. The largest absolute Gasteiger partial charge is 0.493 e. The number of ether oxygens (including phenoxy) is 2. The first-order valence-electron chi connectivity index (χ1n) is 9.11. The topological polar surface area (TPSA) is 86.5 Å². The highest BCUT2D eigenvalue weighted by Gasteiger charge is 2.20. The summed E-state index contributed by atoms with van der Waals surface area (Å²) >= 11 is 1.40. The van der Waals surface area contributed by atoms with Crippen molar-refractivity contribution in [1.29, 1.82) is 0 Å². The molecule has 8 heteroatoms. The maximum atomic E-state index is 12.9. The Morgan fingerprint density at radius 2 is 1.87 bits per heavy atom. The third-order valence-corrected chi connectivity index (χ3v) is 5.39. The lowest BCUT2D eigenvalue weighted by atomic mass is 10.1. The first kappa shape index (κ1) is 19.7. The number of carbonyl (C=O) groups excluding carboxylic acids is 1. The van der Waals surface area contributed by atoms with Gasteiger partial charge in [0.25, 0.3) is 11.8 Å². The quantitative estimate of drug-likeness (QED) is 0.469. The summed E-state index contributed by atoms with van der Waals surface area (Å²) in [6, 6.07) is 14.8. The Balaban J connectivity index is 1.60. The molecule has 0 unspecified atom stereocenters. The molecule has 4 aromatic rings. The van der Waals surface area contributed by atoms with E-state index in [0.717, 1.165) is 11.1 Å². The Kier molecular flexibility index (Phi) is 5.49. The van der Waals surface area contributed by atoms with Crippen LogP contribution in [-0.4, -0.2) is 30.3 Å². The number of aryl methyl sites for hydroxylation is 1. The Bertz CT molecular complexity index is 1180. The minimum atomic E-state index is -0.330. The number of amides is 1. The number of para-hydroxylation sites is 1. The fourth-order valence-corrected chi connectivity index (χ4v) is 3.73. The van der Waals surface area contributed by atoms with E-state index in [0.29, 0.717) is 39.3 Å². The monoisotopic (exact) mass is 421 g/mol. The molecular weight excluding hydrogens is 402 g/mol. The molecule has 0 aliphatic carbocycles. The smallest absolute Gasteiger partial charge is 0.270 e. The number of carbonyl (C=O) groups is 1. The third-order valence-electron chi connectivity index (χ3n) is 4.49. The van der Waals surface area contributed by atoms with Gasteiger partial charge in [-0.1, -0.05) is 41.1 Å². The van der Waals surface area contributed by atoms with Crippen molar-refractivity contribution >= 4 is 22.9 Å². The van der Waals surface area contributed by atoms with Crippen LogP contribution in [0.4, 0.5) is 5.69 Å². The lowest BCUT2D eigenvalue weighted by Crippen LogP contribution is -2.13. The summed E-state index contributed by atoms with van der Waals surface area (Å²) in [6.45, 7) is 2.02. The van der Waals surface area contributed by atoms with Crippen LogP contribution in [0.3, 0.4) is 0 Å². The fraction of sp³-hybridized carbons (Fsp3) is 0.136. The van der Waals surface area contributed by atoms with E-state index in [2.05, 4.69) is 15.5 Å². The molecule has 7 nitrogen and oxygen atoms in total. The highest BCUT2D eigenvalue weighted by molar-refractivity contribution is 7.14. The molecule has 1 amide bonds. The van der Waals surface area contributed by atoms with Gasteiger partial charge in [-0.05, 0) is 30.5 Å². The minimum Gasteiger partial charge on any atom is -0.493 e. The second kappa shape index (κ2) is 8.38. The Labute approximate surface area is 177 Å². The molecule has 152 valence electrons. The zero-order valence-corrected chi connectivity index (χ0v) is 17.4. The highest BCUT2D eigenvalue weighted by Crippen LogP contribution is 2.36. The summed E-state index contributed by atoms with van der Waals surface area (Å²) in [6.07, 6.45) is 0. The van der Waals surface area contributed by atoms with E-state index in [1.807, 2.05) is 36.6 Å². The van der Waals surface area contributed by atoms with Gasteiger partial charge in [-0.3, -0.25) is 4.79 Å². The van der Waals surface area contributed by atoms with Gasteiger partial charge in [0.1, 0.15) is 4.88 Å². The predicted molar refractivity (Wildman–Crippen MR) is 115 cm³/mol. The number of nitrogens with zero attached hydrogens (tertiary/aromatic N) is 2. The van der Waals surface area contributed by atoms with Gasteiger partial charge in [0.15, 0.2) is 11.5 Å². The maximum Gasteiger partial charge on any atom is 0.270 e. The second-order valence-corrected chi connectivity index (χ2v) is 7.36. The van der Waals surface area contributed by atoms with Gasteiger partial charge in [0, 0.05) is 5.56 Å². The molecule has 0 atom stereocenters. The SMILES string of the molecule is COc1cccc(C(=O)Nc2ccsc2-c2nc(-c3ccc(C)cc3)no2)c1OC. The number of benzene rings is 2. The Hall–Kier alpha value is -3.65. The molecule has 4 rings (SSSR count). The van der Waals surface area contributed by atoms with E-state index in [1.165, 1.54) is 25.6 Å². The molecule has 2 aromatic heterocycles. The Morgan fingerprint density at radius 3 is 2.60 bits per heavy atom. The van der Waals surface area contributed by atoms with E-state index < -0.39 is 0 Å². The molecule has 0 radical (unpaired) electrons. The van der Waals surface area contributed by atoms with Crippen molar-refractivity contribution in [2.45, 2.75) is 6.92 Å². The summed E-state index contributed by atoms with van der Waals surface area (Å²) in [5.41, 5.74) is 2.95. The molecule has 0 bridgehead atoms. The van der Waals surface area contributed by atoms with Crippen LogP contribution in [0.2, 0.25) is 0 Å². The van der Waals surface area contributed by atoms with Crippen molar-refractivity contribution in [2.75, 3.05) is 19.5 Å². The number of rotatable bonds is 6. The first-order valence-corrected chi connectivity index (χ1v) is 9.99. The van der Waals surface area contributed by atoms with Crippen LogP contribution in [0.1, 0.15) is 15.9 Å². The predicted octanol–water partition coefficient (Wildman–Crippen LogP) is 5.04. The van der Waals surface area contributed by atoms with Crippen LogP contribution >= 0.6 is 11.3 Å². The van der Waals surface area contributed by atoms with Crippen molar-refractivity contribution in [3.63, 3.8) is 0 Å². The Morgan fingerprint density at radius 1 is 1.07 bits per heavy atom. The normalized spacial score (nSPS) is 10.6.